The molecule has 1 aliphatic carbocycles. The molecule has 1 heterocycles. The Morgan fingerprint density at radius 2 is 1.47 bits per heavy atom. The minimum atomic E-state index is -1.44. The first-order valence-electron chi connectivity index (χ1n) is 14.1. The van der Waals surface area contributed by atoms with Crippen LogP contribution in [-0.4, -0.2) is 77.1 Å². The van der Waals surface area contributed by atoms with Gasteiger partial charge in [0, 0.05) is 12.3 Å². The molecule has 3 aromatic rings. The van der Waals surface area contributed by atoms with Gasteiger partial charge in [0.25, 0.3) is 0 Å². The first kappa shape index (κ1) is 30.2. The maximum absolute atomic E-state index is 13.0. The summed E-state index contributed by atoms with van der Waals surface area (Å²) in [4.78, 5) is 38.6. The topological polar surface area (TPSA) is 164 Å². The van der Waals surface area contributed by atoms with Gasteiger partial charge in [-0.3, -0.25) is 4.79 Å². The first-order chi connectivity index (χ1) is 20.9. The van der Waals surface area contributed by atoms with E-state index in [4.69, 9.17) is 14.2 Å². The molecule has 3 aromatic carbocycles. The van der Waals surface area contributed by atoms with E-state index in [0.29, 0.717) is 0 Å². The number of hydrogen-bond donors (Lipinski definition) is 5. The number of carbonyl (C=O) groups is 3. The molecule has 0 aromatic heterocycles. The van der Waals surface area contributed by atoms with Crippen LogP contribution in [0.4, 0.5) is 4.79 Å². The van der Waals surface area contributed by atoms with Crippen LogP contribution >= 0.6 is 0 Å². The van der Waals surface area contributed by atoms with Gasteiger partial charge < -0.3 is 40.2 Å². The molecule has 1 unspecified atom stereocenters. The Kier molecular flexibility index (Phi) is 9.68. The Balaban J connectivity index is 1.21. The van der Waals surface area contributed by atoms with Crippen LogP contribution in [0.5, 0.6) is 0 Å². The van der Waals surface area contributed by atoms with Gasteiger partial charge in [-0.2, -0.15) is 0 Å². The summed E-state index contributed by atoms with van der Waals surface area (Å²) in [6.45, 7) is -0.529. The summed E-state index contributed by atoms with van der Waals surface area (Å²) in [6.07, 6.45) is -6.32. The van der Waals surface area contributed by atoms with Gasteiger partial charge >= 0.3 is 12.1 Å². The largest absolute Gasteiger partial charge is 0.459 e. The Morgan fingerprint density at radius 3 is 2.09 bits per heavy atom. The summed E-state index contributed by atoms with van der Waals surface area (Å²) in [5.41, 5.74) is 4.98. The van der Waals surface area contributed by atoms with E-state index in [1.165, 1.54) is 0 Å². The second-order valence-corrected chi connectivity index (χ2v) is 10.5. The summed E-state index contributed by atoms with van der Waals surface area (Å²) in [6, 6.07) is 23.6. The first-order valence-corrected chi connectivity index (χ1v) is 14.1. The van der Waals surface area contributed by atoms with Crippen LogP contribution in [0.25, 0.3) is 11.1 Å². The zero-order valence-corrected chi connectivity index (χ0v) is 23.3. The number of rotatable bonds is 11. The Hall–Kier alpha value is -4.29. The number of hydrogen-bond acceptors (Lipinski definition) is 9. The Morgan fingerprint density at radius 1 is 0.837 bits per heavy atom. The lowest BCUT2D eigenvalue weighted by molar-refractivity contribution is -0.147. The van der Waals surface area contributed by atoms with Gasteiger partial charge in [0.1, 0.15) is 37.6 Å². The minimum Gasteiger partial charge on any atom is -0.459 e. The molecule has 2 amide bonds. The second kappa shape index (κ2) is 13.8. The number of nitrogens with one attached hydrogen (secondary N) is 2. The predicted octanol–water partition coefficient (Wildman–Crippen LogP) is 1.97. The molecule has 226 valence electrons. The molecule has 2 aliphatic rings. The molecule has 0 saturated carbocycles. The summed E-state index contributed by atoms with van der Waals surface area (Å²) >= 11 is 0. The quantitative estimate of drug-likeness (QED) is 0.210. The molecule has 11 nitrogen and oxygen atoms in total. The Bertz CT molecular complexity index is 1390. The van der Waals surface area contributed by atoms with Gasteiger partial charge in [0.05, 0.1) is 6.61 Å². The number of fused-ring (bicyclic) bond motifs is 3. The molecular weight excluding hydrogens is 556 g/mol. The van der Waals surface area contributed by atoms with Crippen molar-refractivity contribution in [3.63, 3.8) is 0 Å². The second-order valence-electron chi connectivity index (χ2n) is 10.5. The fourth-order valence-electron chi connectivity index (χ4n) is 5.39. The minimum absolute atomic E-state index is 0.0305. The van der Waals surface area contributed by atoms with Gasteiger partial charge in [-0.1, -0.05) is 78.9 Å². The highest BCUT2D eigenvalue weighted by atomic mass is 16.6. The summed E-state index contributed by atoms with van der Waals surface area (Å²) in [7, 11) is 0. The van der Waals surface area contributed by atoms with Crippen molar-refractivity contribution in [2.24, 2.45) is 0 Å². The van der Waals surface area contributed by atoms with Crippen molar-refractivity contribution >= 4 is 18.0 Å². The maximum atomic E-state index is 13.0. The normalized spacial score (nSPS) is 21.4. The van der Waals surface area contributed by atoms with Crippen LogP contribution < -0.4 is 10.6 Å². The average molecular weight is 591 g/mol. The zero-order valence-electron chi connectivity index (χ0n) is 23.3. The van der Waals surface area contributed by atoms with Crippen molar-refractivity contribution in [1.82, 2.24) is 10.6 Å². The third-order valence-corrected chi connectivity index (χ3v) is 7.65. The van der Waals surface area contributed by atoms with E-state index in [-0.39, 0.29) is 32.0 Å². The average Bonchev–Trinajstić information content (AvgIpc) is 3.50. The van der Waals surface area contributed by atoms with E-state index in [9.17, 15) is 29.7 Å². The van der Waals surface area contributed by atoms with Crippen molar-refractivity contribution in [2.45, 2.75) is 55.9 Å². The van der Waals surface area contributed by atoms with E-state index < -0.39 is 55.2 Å². The van der Waals surface area contributed by atoms with Crippen molar-refractivity contribution in [3.05, 3.63) is 95.6 Å². The van der Waals surface area contributed by atoms with Crippen LogP contribution in [-0.2, 0) is 30.4 Å². The van der Waals surface area contributed by atoms with Gasteiger partial charge in [-0.05, 0) is 34.2 Å². The SMILES string of the molecule is O=C(CC[C@H](NC(=O)OCC1c2ccccc2-c2ccccc21)C(=O)OCc1ccccc1)NC1O[C@H](CO)[C@@H](O)[C@H]1O. The standard InChI is InChI=1S/C32H34N2O9/c35-16-26-28(37)29(38)30(43-26)34-27(36)15-14-25(31(39)41-17-19-8-2-1-3-9-19)33-32(40)42-18-24-22-12-6-4-10-20(22)21-11-5-7-13-23(21)24/h1-13,24-26,28-30,35,37-38H,14-18H2,(H,33,40)(H,34,36)/t25-,26+,28+,29+,30?/m0/s1. The predicted molar refractivity (Wildman–Crippen MR) is 153 cm³/mol. The fraction of sp³-hybridized carbons (Fsp3) is 0.344. The molecule has 11 heteroatoms. The fourth-order valence-corrected chi connectivity index (χ4v) is 5.39. The van der Waals surface area contributed by atoms with E-state index in [1.807, 2.05) is 54.6 Å². The lowest BCUT2D eigenvalue weighted by atomic mass is 9.98. The van der Waals surface area contributed by atoms with Crippen molar-refractivity contribution < 1.29 is 43.9 Å². The number of aliphatic hydroxyl groups is 3. The molecule has 5 N–H and O–H groups in total. The molecule has 5 rings (SSSR count). The van der Waals surface area contributed by atoms with Crippen molar-refractivity contribution in [3.8, 4) is 11.1 Å². The van der Waals surface area contributed by atoms with Crippen LogP contribution in [0.2, 0.25) is 0 Å². The highest BCUT2D eigenvalue weighted by molar-refractivity contribution is 5.83. The highest BCUT2D eigenvalue weighted by Gasteiger charge is 2.43. The third-order valence-electron chi connectivity index (χ3n) is 7.65. The van der Waals surface area contributed by atoms with Gasteiger partial charge in [0.2, 0.25) is 5.91 Å². The number of alkyl carbamates (subject to hydrolysis) is 1. The van der Waals surface area contributed by atoms with E-state index >= 15 is 0 Å². The lowest BCUT2D eigenvalue weighted by Gasteiger charge is -2.20. The molecule has 1 fully saturated rings. The summed E-state index contributed by atoms with van der Waals surface area (Å²) < 4.78 is 16.3. The van der Waals surface area contributed by atoms with E-state index in [1.54, 1.807) is 24.3 Å². The zero-order chi connectivity index (χ0) is 30.3. The summed E-state index contributed by atoms with van der Waals surface area (Å²) in [5.74, 6) is -1.54. The number of aliphatic hydroxyl groups excluding tert-OH is 3. The smallest absolute Gasteiger partial charge is 0.407 e. The Labute approximate surface area is 248 Å². The van der Waals surface area contributed by atoms with Crippen LogP contribution in [0.15, 0.2) is 78.9 Å². The molecule has 0 bridgehead atoms. The van der Waals surface area contributed by atoms with Crippen LogP contribution in [0.1, 0.15) is 35.4 Å². The molecular formula is C32H34N2O9. The van der Waals surface area contributed by atoms with Crippen LogP contribution in [0, 0.1) is 0 Å². The maximum Gasteiger partial charge on any atom is 0.407 e. The molecule has 0 radical (unpaired) electrons. The molecule has 0 spiro atoms. The lowest BCUT2D eigenvalue weighted by Crippen LogP contribution is -2.46. The monoisotopic (exact) mass is 590 g/mol. The van der Waals surface area contributed by atoms with E-state index in [0.717, 1.165) is 27.8 Å². The van der Waals surface area contributed by atoms with E-state index in [2.05, 4.69) is 10.6 Å². The molecule has 1 saturated heterocycles. The van der Waals surface area contributed by atoms with Gasteiger partial charge in [-0.25, -0.2) is 9.59 Å². The highest BCUT2D eigenvalue weighted by Crippen LogP contribution is 2.44. The molecule has 5 atom stereocenters. The molecule has 43 heavy (non-hydrogen) atoms. The number of carbonyl (C=O) groups excluding carboxylic acids is 3. The van der Waals surface area contributed by atoms with Crippen LogP contribution in [0.3, 0.4) is 0 Å². The van der Waals surface area contributed by atoms with Crippen molar-refractivity contribution in [1.29, 1.82) is 0 Å². The van der Waals surface area contributed by atoms with Gasteiger partial charge in [-0.15, -0.1) is 0 Å². The summed E-state index contributed by atoms with van der Waals surface area (Å²) in [5, 5.41) is 34.2. The number of benzene rings is 3. The third kappa shape index (κ3) is 7.03. The van der Waals surface area contributed by atoms with Crippen molar-refractivity contribution in [2.75, 3.05) is 13.2 Å². The number of ether oxygens (including phenoxy) is 3. The number of amides is 2. The van der Waals surface area contributed by atoms with Gasteiger partial charge in [0.15, 0.2) is 6.23 Å². The molecule has 1 aliphatic heterocycles. The number of esters is 1.